The van der Waals surface area contributed by atoms with E-state index in [4.69, 9.17) is 10.6 Å². The van der Waals surface area contributed by atoms with Crippen LogP contribution in [0.25, 0.3) is 0 Å². The van der Waals surface area contributed by atoms with E-state index in [1.54, 1.807) is 11.8 Å². The molecule has 0 saturated carbocycles. The molecule has 1 aliphatic rings. The number of nitrogens with one attached hydrogen (secondary N) is 1. The van der Waals surface area contributed by atoms with Crippen molar-refractivity contribution in [3.05, 3.63) is 11.9 Å². The van der Waals surface area contributed by atoms with Crippen molar-refractivity contribution in [3.8, 4) is 0 Å². The summed E-state index contributed by atoms with van der Waals surface area (Å²) < 4.78 is 5.57. The van der Waals surface area contributed by atoms with E-state index in [1.165, 1.54) is 0 Å². The first-order valence-electron chi connectivity index (χ1n) is 6.35. The van der Waals surface area contributed by atoms with E-state index >= 15 is 0 Å². The van der Waals surface area contributed by atoms with Crippen LogP contribution in [0.1, 0.15) is 32.5 Å². The Hall–Kier alpha value is -0.850. The molecule has 1 aromatic heterocycles. The minimum Gasteiger partial charge on any atom is -0.377 e. The maximum atomic E-state index is 5.57. The number of hydrogen-bond acceptors (Lipinski definition) is 6. The highest BCUT2D eigenvalue weighted by atomic mass is 32.2. The third-order valence-corrected chi connectivity index (χ3v) is 4.32. The van der Waals surface area contributed by atoms with Gasteiger partial charge in [-0.25, -0.2) is 15.8 Å². The molecule has 0 radical (unpaired) electrons. The van der Waals surface area contributed by atoms with Crippen molar-refractivity contribution >= 4 is 17.6 Å². The Morgan fingerprint density at radius 1 is 1.56 bits per heavy atom. The van der Waals surface area contributed by atoms with E-state index in [1.807, 2.05) is 6.07 Å². The summed E-state index contributed by atoms with van der Waals surface area (Å²) in [5.41, 5.74) is 2.61. The van der Waals surface area contributed by atoms with E-state index in [0.717, 1.165) is 36.7 Å². The van der Waals surface area contributed by atoms with Crippen molar-refractivity contribution in [2.24, 2.45) is 5.84 Å². The second-order valence-corrected chi connectivity index (χ2v) is 5.68. The lowest BCUT2D eigenvalue weighted by Gasteiger charge is -2.14. The zero-order valence-corrected chi connectivity index (χ0v) is 11.7. The summed E-state index contributed by atoms with van der Waals surface area (Å²) in [6.45, 7) is 5.07. The molecule has 0 bridgehead atoms. The summed E-state index contributed by atoms with van der Waals surface area (Å²) >= 11 is 1.76. The van der Waals surface area contributed by atoms with Gasteiger partial charge in [0.2, 0.25) is 0 Å². The normalized spacial score (nSPS) is 23.3. The number of nitrogen functional groups attached to an aromatic ring is 1. The molecule has 0 aromatic carbocycles. The Morgan fingerprint density at radius 3 is 3.00 bits per heavy atom. The number of ether oxygens (including phenoxy) is 1. The standard InChI is InChI=1S/C12H20N4OS/c1-3-4-10-14-11(16-13)7-12(15-10)18-9-5-6-17-8(9)2/h7-9H,3-6,13H2,1-2H3,(H,14,15,16). The first kappa shape index (κ1) is 13.6. The van der Waals surface area contributed by atoms with Gasteiger partial charge < -0.3 is 10.2 Å². The van der Waals surface area contributed by atoms with Gasteiger partial charge >= 0.3 is 0 Å². The van der Waals surface area contributed by atoms with E-state index in [0.29, 0.717) is 11.1 Å². The van der Waals surface area contributed by atoms with E-state index < -0.39 is 0 Å². The van der Waals surface area contributed by atoms with Crippen molar-refractivity contribution in [2.75, 3.05) is 12.0 Å². The van der Waals surface area contributed by atoms with Gasteiger partial charge in [-0.15, -0.1) is 11.8 Å². The van der Waals surface area contributed by atoms with Gasteiger partial charge in [-0.3, -0.25) is 0 Å². The molecule has 5 nitrogen and oxygen atoms in total. The zero-order valence-electron chi connectivity index (χ0n) is 10.8. The highest BCUT2D eigenvalue weighted by Crippen LogP contribution is 2.32. The van der Waals surface area contributed by atoms with E-state index in [2.05, 4.69) is 29.2 Å². The van der Waals surface area contributed by atoms with Crippen LogP contribution in [-0.4, -0.2) is 27.9 Å². The predicted octanol–water partition coefficient (Wildman–Crippen LogP) is 1.98. The molecule has 100 valence electrons. The van der Waals surface area contributed by atoms with Crippen LogP contribution in [0.2, 0.25) is 0 Å². The van der Waals surface area contributed by atoms with Crippen molar-refractivity contribution < 1.29 is 4.74 Å². The second kappa shape index (κ2) is 6.36. The fraction of sp³-hybridized carbons (Fsp3) is 0.667. The lowest BCUT2D eigenvalue weighted by molar-refractivity contribution is 0.127. The van der Waals surface area contributed by atoms with Crippen LogP contribution < -0.4 is 11.3 Å². The number of hydrogen-bond donors (Lipinski definition) is 2. The molecule has 1 saturated heterocycles. The highest BCUT2D eigenvalue weighted by Gasteiger charge is 2.25. The Kier molecular flexibility index (Phi) is 4.79. The number of anilines is 1. The largest absolute Gasteiger partial charge is 0.377 e. The highest BCUT2D eigenvalue weighted by molar-refractivity contribution is 7.99. The number of nitrogens with zero attached hydrogens (tertiary/aromatic N) is 2. The molecule has 2 rings (SSSR count). The van der Waals surface area contributed by atoms with Gasteiger partial charge in [0.1, 0.15) is 16.7 Å². The third-order valence-electron chi connectivity index (χ3n) is 2.95. The molecule has 6 heteroatoms. The topological polar surface area (TPSA) is 73.1 Å². The van der Waals surface area contributed by atoms with Crippen LogP contribution in [0.4, 0.5) is 5.82 Å². The number of aromatic nitrogens is 2. The third kappa shape index (κ3) is 3.34. The molecule has 2 atom stereocenters. The van der Waals surface area contributed by atoms with Crippen molar-refractivity contribution in [3.63, 3.8) is 0 Å². The van der Waals surface area contributed by atoms with Gasteiger partial charge in [-0.2, -0.15) is 0 Å². The van der Waals surface area contributed by atoms with Gasteiger partial charge in [0.25, 0.3) is 0 Å². The van der Waals surface area contributed by atoms with Crippen molar-refractivity contribution in [1.29, 1.82) is 0 Å². The van der Waals surface area contributed by atoms with E-state index in [-0.39, 0.29) is 6.10 Å². The summed E-state index contributed by atoms with van der Waals surface area (Å²) in [7, 11) is 0. The Morgan fingerprint density at radius 2 is 2.39 bits per heavy atom. The minimum atomic E-state index is 0.286. The second-order valence-electron chi connectivity index (χ2n) is 4.42. The lowest BCUT2D eigenvalue weighted by Crippen LogP contribution is -2.15. The average molecular weight is 268 g/mol. The molecule has 2 heterocycles. The average Bonchev–Trinajstić information content (AvgIpc) is 2.75. The fourth-order valence-corrected chi connectivity index (χ4v) is 3.10. The molecule has 0 aliphatic carbocycles. The molecule has 18 heavy (non-hydrogen) atoms. The van der Waals surface area contributed by atoms with Gasteiger partial charge in [0.15, 0.2) is 0 Å². The molecule has 0 amide bonds. The number of nitrogens with two attached hydrogens (primary N) is 1. The van der Waals surface area contributed by atoms with E-state index in [9.17, 15) is 0 Å². The van der Waals surface area contributed by atoms with Crippen LogP contribution in [-0.2, 0) is 11.2 Å². The van der Waals surface area contributed by atoms with Gasteiger partial charge in [0.05, 0.1) is 6.10 Å². The molecule has 1 fully saturated rings. The molecule has 3 N–H and O–H groups in total. The molecular weight excluding hydrogens is 248 g/mol. The Bertz CT molecular complexity index is 402. The van der Waals surface area contributed by atoms with Crippen molar-refractivity contribution in [1.82, 2.24) is 9.97 Å². The molecule has 0 spiro atoms. The van der Waals surface area contributed by atoms with Crippen LogP contribution in [0, 0.1) is 0 Å². The molecule has 2 unspecified atom stereocenters. The maximum Gasteiger partial charge on any atom is 0.144 e. The van der Waals surface area contributed by atoms with Crippen molar-refractivity contribution in [2.45, 2.75) is 49.5 Å². The summed E-state index contributed by atoms with van der Waals surface area (Å²) in [6.07, 6.45) is 3.26. The monoisotopic (exact) mass is 268 g/mol. The maximum absolute atomic E-state index is 5.57. The summed E-state index contributed by atoms with van der Waals surface area (Å²) in [5.74, 6) is 6.98. The number of thioether (sulfide) groups is 1. The Labute approximate surface area is 112 Å². The minimum absolute atomic E-state index is 0.286. The van der Waals surface area contributed by atoms with Crippen LogP contribution in [0.3, 0.4) is 0 Å². The Balaban J connectivity index is 2.12. The smallest absolute Gasteiger partial charge is 0.144 e. The SMILES string of the molecule is CCCc1nc(NN)cc(SC2CCOC2C)n1. The first-order chi connectivity index (χ1) is 8.72. The molecule has 1 aromatic rings. The van der Waals surface area contributed by atoms with Gasteiger partial charge in [0, 0.05) is 24.3 Å². The zero-order chi connectivity index (χ0) is 13.0. The number of rotatable bonds is 5. The number of hydrazine groups is 1. The van der Waals surface area contributed by atoms with Crippen LogP contribution >= 0.6 is 11.8 Å². The predicted molar refractivity (Wildman–Crippen MR) is 73.5 cm³/mol. The first-order valence-corrected chi connectivity index (χ1v) is 7.23. The number of aryl methyl sites for hydroxylation is 1. The van der Waals surface area contributed by atoms with Gasteiger partial charge in [-0.05, 0) is 19.8 Å². The summed E-state index contributed by atoms with van der Waals surface area (Å²) in [5, 5.41) is 1.45. The lowest BCUT2D eigenvalue weighted by atomic mass is 10.3. The van der Waals surface area contributed by atoms with Crippen LogP contribution in [0.15, 0.2) is 11.1 Å². The van der Waals surface area contributed by atoms with Crippen LogP contribution in [0.5, 0.6) is 0 Å². The quantitative estimate of drug-likeness (QED) is 0.483. The molecular formula is C12H20N4OS. The molecule has 1 aliphatic heterocycles. The van der Waals surface area contributed by atoms with Gasteiger partial charge in [-0.1, -0.05) is 6.92 Å². The fourth-order valence-electron chi connectivity index (χ4n) is 1.96. The summed E-state index contributed by atoms with van der Waals surface area (Å²) in [4.78, 5) is 8.91. The summed E-state index contributed by atoms with van der Waals surface area (Å²) in [6, 6.07) is 1.90.